The average molecular weight is 263 g/mol. The van der Waals surface area contributed by atoms with Gasteiger partial charge in [0.05, 0.1) is 5.52 Å². The zero-order valence-corrected chi connectivity index (χ0v) is 11.8. The van der Waals surface area contributed by atoms with Crippen LogP contribution in [0.3, 0.4) is 0 Å². The van der Waals surface area contributed by atoms with Crippen molar-refractivity contribution in [3.05, 3.63) is 41.0 Å². The number of nitrogens with zero attached hydrogens (tertiary/aromatic N) is 1. The van der Waals surface area contributed by atoms with Crippen molar-refractivity contribution in [2.75, 3.05) is 7.05 Å². The quantitative estimate of drug-likeness (QED) is 0.909. The molecule has 1 aromatic heterocycles. The predicted molar refractivity (Wildman–Crippen MR) is 78.1 cm³/mol. The monoisotopic (exact) mass is 262 g/mol. The third-order valence-electron chi connectivity index (χ3n) is 3.41. The topological polar surface area (TPSA) is 24.9 Å². The van der Waals surface area contributed by atoms with Gasteiger partial charge in [0.2, 0.25) is 0 Å². The molecular weight excluding hydrogens is 244 g/mol. The number of rotatable bonds is 4. The number of aromatic nitrogens is 1. The Labute approximate surface area is 113 Å². The summed E-state index contributed by atoms with van der Waals surface area (Å²) in [6, 6.07) is 8.49. The molecule has 0 aliphatic carbocycles. The van der Waals surface area contributed by atoms with E-state index in [-0.39, 0.29) is 0 Å². The Hall–Kier alpha value is -1.12. The predicted octanol–water partition coefficient (Wildman–Crippen LogP) is 3.67. The molecule has 0 aliphatic heterocycles. The lowest BCUT2D eigenvalue weighted by atomic mass is 9.95. The first-order valence-electron chi connectivity index (χ1n) is 6.32. The maximum absolute atomic E-state index is 6.00. The van der Waals surface area contributed by atoms with Gasteiger partial charge in [-0.3, -0.25) is 4.98 Å². The third-order valence-corrected chi connectivity index (χ3v) is 3.65. The molecule has 2 aromatic rings. The first kappa shape index (κ1) is 13.3. The van der Waals surface area contributed by atoms with E-state index in [2.05, 4.69) is 36.3 Å². The fourth-order valence-electron chi connectivity index (χ4n) is 2.27. The van der Waals surface area contributed by atoms with Crippen molar-refractivity contribution < 1.29 is 0 Å². The van der Waals surface area contributed by atoms with Gasteiger partial charge in [-0.05, 0) is 43.1 Å². The van der Waals surface area contributed by atoms with Crippen LogP contribution >= 0.6 is 11.6 Å². The van der Waals surface area contributed by atoms with E-state index in [0.717, 1.165) is 17.0 Å². The van der Waals surface area contributed by atoms with Crippen LogP contribution < -0.4 is 5.32 Å². The molecule has 1 aromatic carbocycles. The van der Waals surface area contributed by atoms with E-state index in [1.807, 2.05) is 25.4 Å². The molecule has 0 saturated carbocycles. The van der Waals surface area contributed by atoms with Crippen molar-refractivity contribution in [2.45, 2.75) is 26.3 Å². The zero-order chi connectivity index (χ0) is 13.1. The Bertz CT molecular complexity index is 537. The molecule has 96 valence electrons. The standard InChI is InChI=1S/C15H19ClN2/c1-10(2)14(17-3)8-11-6-7-18-15-9-12(16)4-5-13(11)15/h4-7,9-10,14,17H,8H2,1-3H3. The summed E-state index contributed by atoms with van der Waals surface area (Å²) in [5, 5.41) is 5.31. The highest BCUT2D eigenvalue weighted by atomic mass is 35.5. The Morgan fingerprint density at radius 2 is 2.06 bits per heavy atom. The molecule has 0 radical (unpaired) electrons. The Kier molecular flexibility index (Phi) is 4.20. The van der Waals surface area contributed by atoms with Gasteiger partial charge in [-0.15, -0.1) is 0 Å². The molecule has 0 saturated heterocycles. The second-order valence-electron chi connectivity index (χ2n) is 4.97. The van der Waals surface area contributed by atoms with Crippen LogP contribution in [0.25, 0.3) is 10.9 Å². The van der Waals surface area contributed by atoms with E-state index in [9.17, 15) is 0 Å². The third kappa shape index (κ3) is 2.82. The highest BCUT2D eigenvalue weighted by molar-refractivity contribution is 6.31. The number of hydrogen-bond donors (Lipinski definition) is 1. The molecule has 0 fully saturated rings. The van der Waals surface area contributed by atoms with E-state index in [1.165, 1.54) is 10.9 Å². The number of hydrogen-bond acceptors (Lipinski definition) is 2. The molecule has 18 heavy (non-hydrogen) atoms. The summed E-state index contributed by atoms with van der Waals surface area (Å²) in [6.07, 6.45) is 2.87. The summed E-state index contributed by atoms with van der Waals surface area (Å²) in [4.78, 5) is 4.38. The van der Waals surface area contributed by atoms with Crippen molar-refractivity contribution in [2.24, 2.45) is 5.92 Å². The average Bonchev–Trinajstić information content (AvgIpc) is 2.35. The molecule has 1 heterocycles. The fraction of sp³-hybridized carbons (Fsp3) is 0.400. The van der Waals surface area contributed by atoms with Gasteiger partial charge in [-0.2, -0.15) is 0 Å². The van der Waals surface area contributed by atoms with E-state index in [1.54, 1.807) is 0 Å². The molecule has 0 spiro atoms. The number of pyridine rings is 1. The molecule has 0 amide bonds. The van der Waals surface area contributed by atoms with E-state index < -0.39 is 0 Å². The summed E-state index contributed by atoms with van der Waals surface area (Å²) < 4.78 is 0. The van der Waals surface area contributed by atoms with E-state index >= 15 is 0 Å². The Morgan fingerprint density at radius 1 is 1.28 bits per heavy atom. The van der Waals surface area contributed by atoms with Gasteiger partial charge in [0, 0.05) is 22.6 Å². The van der Waals surface area contributed by atoms with Crippen LogP contribution in [-0.4, -0.2) is 18.1 Å². The molecule has 1 unspecified atom stereocenters. The normalized spacial score (nSPS) is 13.2. The van der Waals surface area contributed by atoms with Crippen molar-refractivity contribution >= 4 is 22.5 Å². The van der Waals surface area contributed by atoms with Crippen molar-refractivity contribution in [1.82, 2.24) is 10.3 Å². The number of halogens is 1. The zero-order valence-electron chi connectivity index (χ0n) is 11.1. The molecule has 1 N–H and O–H groups in total. The summed E-state index contributed by atoms with van der Waals surface area (Å²) in [5.74, 6) is 0.602. The van der Waals surface area contributed by atoms with Crippen LogP contribution in [0.5, 0.6) is 0 Å². The molecule has 3 heteroatoms. The Morgan fingerprint density at radius 3 is 2.72 bits per heavy atom. The number of fused-ring (bicyclic) bond motifs is 1. The lowest BCUT2D eigenvalue weighted by Crippen LogP contribution is -2.32. The number of likely N-dealkylation sites (N-methyl/N-ethyl adjacent to an activating group) is 1. The maximum atomic E-state index is 6.00. The van der Waals surface area contributed by atoms with Crippen LogP contribution in [-0.2, 0) is 6.42 Å². The molecule has 1 atom stereocenters. The lowest BCUT2D eigenvalue weighted by Gasteiger charge is -2.20. The highest BCUT2D eigenvalue weighted by Gasteiger charge is 2.13. The number of benzene rings is 1. The van der Waals surface area contributed by atoms with Crippen LogP contribution in [0.2, 0.25) is 5.02 Å². The highest BCUT2D eigenvalue weighted by Crippen LogP contribution is 2.22. The molecule has 2 nitrogen and oxygen atoms in total. The SMILES string of the molecule is CNC(Cc1ccnc2cc(Cl)ccc12)C(C)C. The largest absolute Gasteiger partial charge is 0.316 e. The minimum atomic E-state index is 0.478. The minimum Gasteiger partial charge on any atom is -0.316 e. The van der Waals surface area contributed by atoms with E-state index in [0.29, 0.717) is 12.0 Å². The van der Waals surface area contributed by atoms with Gasteiger partial charge in [0.15, 0.2) is 0 Å². The van der Waals surface area contributed by atoms with Gasteiger partial charge in [-0.25, -0.2) is 0 Å². The van der Waals surface area contributed by atoms with Crippen molar-refractivity contribution in [3.63, 3.8) is 0 Å². The van der Waals surface area contributed by atoms with Gasteiger partial charge >= 0.3 is 0 Å². The van der Waals surface area contributed by atoms with Crippen LogP contribution in [0.15, 0.2) is 30.5 Å². The summed E-state index contributed by atoms with van der Waals surface area (Å²) in [7, 11) is 2.02. The molecule has 0 aliphatic rings. The summed E-state index contributed by atoms with van der Waals surface area (Å²) in [6.45, 7) is 4.48. The number of nitrogens with one attached hydrogen (secondary N) is 1. The van der Waals surface area contributed by atoms with Gasteiger partial charge in [0.1, 0.15) is 0 Å². The minimum absolute atomic E-state index is 0.478. The smallest absolute Gasteiger partial charge is 0.0719 e. The Balaban J connectivity index is 2.39. The fourth-order valence-corrected chi connectivity index (χ4v) is 2.43. The summed E-state index contributed by atoms with van der Waals surface area (Å²) in [5.41, 5.74) is 2.29. The van der Waals surface area contributed by atoms with Gasteiger partial charge < -0.3 is 5.32 Å². The van der Waals surface area contributed by atoms with Crippen LogP contribution in [0.4, 0.5) is 0 Å². The molecule has 0 bridgehead atoms. The second kappa shape index (κ2) is 5.68. The molecule has 2 rings (SSSR count). The summed E-state index contributed by atoms with van der Waals surface area (Å²) >= 11 is 6.00. The van der Waals surface area contributed by atoms with Crippen molar-refractivity contribution in [3.8, 4) is 0 Å². The first-order valence-corrected chi connectivity index (χ1v) is 6.70. The van der Waals surface area contributed by atoms with Crippen LogP contribution in [0, 0.1) is 5.92 Å². The second-order valence-corrected chi connectivity index (χ2v) is 5.41. The first-order chi connectivity index (χ1) is 8.61. The van der Waals surface area contributed by atoms with Gasteiger partial charge in [-0.1, -0.05) is 31.5 Å². The van der Waals surface area contributed by atoms with Crippen molar-refractivity contribution in [1.29, 1.82) is 0 Å². The van der Waals surface area contributed by atoms with E-state index in [4.69, 9.17) is 11.6 Å². The van der Waals surface area contributed by atoms with Crippen LogP contribution in [0.1, 0.15) is 19.4 Å². The molecular formula is C15H19ClN2. The maximum Gasteiger partial charge on any atom is 0.0719 e. The van der Waals surface area contributed by atoms with Gasteiger partial charge in [0.25, 0.3) is 0 Å². The lowest BCUT2D eigenvalue weighted by molar-refractivity contribution is 0.425.